The maximum Gasteiger partial charge on any atom is 0.270 e. The van der Waals surface area contributed by atoms with E-state index in [0.717, 1.165) is 18.2 Å². The second-order valence-electron chi connectivity index (χ2n) is 3.06. The zero-order chi connectivity index (χ0) is 13.1. The molecule has 0 unspecified atom stereocenters. The van der Waals surface area contributed by atoms with Crippen LogP contribution in [0.4, 0.5) is 5.69 Å². The molecule has 0 N–H and O–H groups in total. The van der Waals surface area contributed by atoms with Crippen LogP contribution in [0.5, 0.6) is 0 Å². The molecule has 8 heteroatoms. The first-order valence-corrected chi connectivity index (χ1v) is 6.58. The molecule has 17 heavy (non-hydrogen) atoms. The maximum absolute atomic E-state index is 11.7. The van der Waals surface area contributed by atoms with Crippen LogP contribution in [0, 0.1) is 21.4 Å². The molecule has 0 saturated heterocycles. The number of hydrogen-bond acceptors (Lipinski definition) is 5. The van der Waals surface area contributed by atoms with Crippen molar-refractivity contribution in [2.45, 2.75) is 4.90 Å². The third-order valence-electron chi connectivity index (χ3n) is 1.98. The van der Waals surface area contributed by atoms with Crippen molar-refractivity contribution in [3.63, 3.8) is 0 Å². The molecule has 0 aliphatic rings. The number of nitriles is 1. The molecule has 0 saturated carbocycles. The van der Waals surface area contributed by atoms with Crippen LogP contribution < -0.4 is 0 Å². The Labute approximate surface area is 103 Å². The van der Waals surface area contributed by atoms with E-state index in [0.29, 0.717) is 0 Å². The zero-order valence-electron chi connectivity index (χ0n) is 8.46. The van der Waals surface area contributed by atoms with Gasteiger partial charge in [-0.1, -0.05) is 0 Å². The van der Waals surface area contributed by atoms with E-state index in [-0.39, 0.29) is 27.8 Å². The summed E-state index contributed by atoms with van der Waals surface area (Å²) >= 11 is 5.34. The van der Waals surface area contributed by atoms with Crippen molar-refractivity contribution in [2.24, 2.45) is 0 Å². The van der Waals surface area contributed by atoms with E-state index < -0.39 is 14.8 Å². The largest absolute Gasteiger partial charge is 0.270 e. The van der Waals surface area contributed by atoms with Crippen LogP contribution in [-0.2, 0) is 9.84 Å². The van der Waals surface area contributed by atoms with Crippen molar-refractivity contribution in [1.29, 1.82) is 5.26 Å². The predicted molar refractivity (Wildman–Crippen MR) is 60.6 cm³/mol. The zero-order valence-corrected chi connectivity index (χ0v) is 10.0. The second kappa shape index (κ2) is 5.12. The van der Waals surface area contributed by atoms with Crippen molar-refractivity contribution < 1.29 is 13.3 Å². The van der Waals surface area contributed by atoms with Crippen LogP contribution in [0.25, 0.3) is 0 Å². The van der Waals surface area contributed by atoms with Gasteiger partial charge in [0.2, 0.25) is 0 Å². The van der Waals surface area contributed by atoms with Gasteiger partial charge in [-0.05, 0) is 6.07 Å². The number of nitrogens with zero attached hydrogens (tertiary/aromatic N) is 2. The van der Waals surface area contributed by atoms with E-state index in [2.05, 4.69) is 0 Å². The lowest BCUT2D eigenvalue weighted by Gasteiger charge is -2.04. The number of sulfone groups is 1. The third kappa shape index (κ3) is 2.93. The summed E-state index contributed by atoms with van der Waals surface area (Å²) in [6, 6.07) is 4.66. The summed E-state index contributed by atoms with van der Waals surface area (Å²) in [6.07, 6.45) is 0. The molecule has 0 spiro atoms. The van der Waals surface area contributed by atoms with Crippen molar-refractivity contribution in [2.75, 3.05) is 11.6 Å². The molecule has 1 aromatic rings. The number of nitro benzene ring substituents is 1. The number of halogens is 1. The Kier molecular flexibility index (Phi) is 4.04. The van der Waals surface area contributed by atoms with E-state index in [1.165, 1.54) is 0 Å². The lowest BCUT2D eigenvalue weighted by atomic mass is 10.2. The van der Waals surface area contributed by atoms with Crippen molar-refractivity contribution in [3.8, 4) is 6.07 Å². The van der Waals surface area contributed by atoms with Gasteiger partial charge in [0.25, 0.3) is 5.69 Å². The highest BCUT2D eigenvalue weighted by Crippen LogP contribution is 2.22. The van der Waals surface area contributed by atoms with Crippen LogP contribution in [-0.4, -0.2) is 25.0 Å². The molecule has 0 aromatic heterocycles. The number of nitro groups is 1. The highest BCUT2D eigenvalue weighted by molar-refractivity contribution is 7.91. The van der Waals surface area contributed by atoms with Gasteiger partial charge in [-0.15, -0.1) is 11.6 Å². The summed E-state index contributed by atoms with van der Waals surface area (Å²) in [4.78, 5) is 9.56. The molecular formula is C9H7ClN2O4S. The van der Waals surface area contributed by atoms with Gasteiger partial charge < -0.3 is 0 Å². The van der Waals surface area contributed by atoms with Gasteiger partial charge in [0.15, 0.2) is 9.84 Å². The number of non-ortho nitro benzene ring substituents is 1. The summed E-state index contributed by atoms with van der Waals surface area (Å²) in [6.45, 7) is 0. The lowest BCUT2D eigenvalue weighted by Crippen LogP contribution is -2.10. The van der Waals surface area contributed by atoms with Gasteiger partial charge in [-0.3, -0.25) is 10.1 Å². The summed E-state index contributed by atoms with van der Waals surface area (Å²) in [7, 11) is -3.67. The Bertz CT molecular complexity index is 592. The summed E-state index contributed by atoms with van der Waals surface area (Å²) < 4.78 is 23.4. The fraction of sp³-hybridized carbons (Fsp3) is 0.222. The minimum Gasteiger partial charge on any atom is -0.258 e. The maximum atomic E-state index is 11.7. The van der Waals surface area contributed by atoms with Crippen LogP contribution >= 0.6 is 11.6 Å². The van der Waals surface area contributed by atoms with Gasteiger partial charge in [-0.25, -0.2) is 8.42 Å². The van der Waals surface area contributed by atoms with Gasteiger partial charge in [0.05, 0.1) is 21.1 Å². The van der Waals surface area contributed by atoms with Crippen molar-refractivity contribution in [1.82, 2.24) is 0 Å². The Morgan fingerprint density at radius 2 is 2.12 bits per heavy atom. The molecule has 6 nitrogen and oxygen atoms in total. The number of rotatable bonds is 4. The summed E-state index contributed by atoms with van der Waals surface area (Å²) in [5, 5.41) is 19.3. The Balaban J connectivity index is 3.38. The van der Waals surface area contributed by atoms with Gasteiger partial charge in [0, 0.05) is 18.0 Å². The average molecular weight is 275 g/mol. The van der Waals surface area contributed by atoms with E-state index >= 15 is 0 Å². The van der Waals surface area contributed by atoms with E-state index in [1.54, 1.807) is 6.07 Å². The predicted octanol–water partition coefficient (Wildman–Crippen LogP) is 1.48. The lowest BCUT2D eigenvalue weighted by molar-refractivity contribution is -0.384. The molecule has 0 heterocycles. The molecule has 0 aliphatic heterocycles. The molecule has 0 aliphatic carbocycles. The van der Waals surface area contributed by atoms with Crippen molar-refractivity contribution in [3.05, 3.63) is 33.9 Å². The standard InChI is InChI=1S/C9H7ClN2O4S/c10-3-4-17(15,16)9-2-1-8(12(13)14)5-7(9)6-11/h1-2,5H,3-4H2. The first-order chi connectivity index (χ1) is 7.92. The van der Waals surface area contributed by atoms with Crippen LogP contribution in [0.15, 0.2) is 23.1 Å². The molecular weight excluding hydrogens is 268 g/mol. The van der Waals surface area contributed by atoms with Gasteiger partial charge in [0.1, 0.15) is 6.07 Å². The monoisotopic (exact) mass is 274 g/mol. The molecule has 1 rings (SSSR count). The first-order valence-electron chi connectivity index (χ1n) is 4.39. The smallest absolute Gasteiger partial charge is 0.258 e. The quantitative estimate of drug-likeness (QED) is 0.470. The van der Waals surface area contributed by atoms with Gasteiger partial charge >= 0.3 is 0 Å². The molecule has 1 aromatic carbocycles. The fourth-order valence-electron chi connectivity index (χ4n) is 1.20. The molecule has 0 radical (unpaired) electrons. The minimum absolute atomic E-state index is 0.107. The van der Waals surface area contributed by atoms with E-state index in [9.17, 15) is 18.5 Å². The molecule has 90 valence electrons. The Morgan fingerprint density at radius 1 is 1.47 bits per heavy atom. The summed E-state index contributed by atoms with van der Waals surface area (Å²) in [5.74, 6) is -0.425. The van der Waals surface area contributed by atoms with Crippen molar-refractivity contribution >= 4 is 27.1 Å². The molecule has 0 bridgehead atoms. The summed E-state index contributed by atoms with van der Waals surface area (Å²) in [5.41, 5.74) is -0.573. The van der Waals surface area contributed by atoms with Crippen LogP contribution in [0.2, 0.25) is 0 Å². The molecule has 0 amide bonds. The minimum atomic E-state index is -3.67. The third-order valence-corrected chi connectivity index (χ3v) is 4.16. The number of alkyl halides is 1. The van der Waals surface area contributed by atoms with Crippen LogP contribution in [0.1, 0.15) is 5.56 Å². The highest BCUT2D eigenvalue weighted by Gasteiger charge is 2.20. The van der Waals surface area contributed by atoms with E-state index in [1.807, 2.05) is 0 Å². The highest BCUT2D eigenvalue weighted by atomic mass is 35.5. The average Bonchev–Trinajstić information content (AvgIpc) is 2.28. The van der Waals surface area contributed by atoms with Gasteiger partial charge in [-0.2, -0.15) is 5.26 Å². The topological polar surface area (TPSA) is 101 Å². The number of hydrogen-bond donors (Lipinski definition) is 0. The normalized spacial score (nSPS) is 10.8. The molecule has 0 fully saturated rings. The van der Waals surface area contributed by atoms with Crippen LogP contribution in [0.3, 0.4) is 0 Å². The Morgan fingerprint density at radius 3 is 2.59 bits per heavy atom. The van der Waals surface area contributed by atoms with E-state index in [4.69, 9.17) is 16.9 Å². The Hall–Kier alpha value is -1.65. The second-order valence-corrected chi connectivity index (χ2v) is 5.51. The first kappa shape index (κ1) is 13.4. The number of benzene rings is 1. The fourth-order valence-corrected chi connectivity index (χ4v) is 2.95. The SMILES string of the molecule is N#Cc1cc([N+](=O)[O-])ccc1S(=O)(=O)CCCl. The molecule has 0 atom stereocenters.